The van der Waals surface area contributed by atoms with Crippen molar-refractivity contribution < 1.29 is 49.2 Å². The van der Waals surface area contributed by atoms with Gasteiger partial charge in [-0.25, -0.2) is 29.5 Å². The van der Waals surface area contributed by atoms with Crippen LogP contribution in [0.5, 0.6) is 0 Å². The minimum absolute atomic E-state index is 0.0138. The molecule has 66 heavy (non-hydrogen) atoms. The third kappa shape index (κ3) is 13.0. The van der Waals surface area contributed by atoms with Gasteiger partial charge in [0, 0.05) is 49.4 Å². The lowest BCUT2D eigenvalue weighted by molar-refractivity contribution is -0.142. The lowest BCUT2D eigenvalue weighted by Crippen LogP contribution is -2.41. The maximum atomic E-state index is 12.4. The van der Waals surface area contributed by atoms with Crippen molar-refractivity contribution >= 4 is 92.9 Å². The summed E-state index contributed by atoms with van der Waals surface area (Å²) in [5.41, 5.74) is 27.3. The molecule has 0 fully saturated rings. The molecule has 6 rings (SSSR count). The molecule has 0 spiro atoms. The molecule has 4 aromatic heterocycles. The number of carbonyl (C=O) groups is 6. The Morgan fingerprint density at radius 3 is 1.21 bits per heavy atom. The topological polar surface area (TPSA) is 421 Å². The zero-order valence-electron chi connectivity index (χ0n) is 35.2. The number of fused-ring (bicyclic) bond motifs is 2. The van der Waals surface area contributed by atoms with Crippen molar-refractivity contribution in [2.45, 2.75) is 50.9 Å². The van der Waals surface area contributed by atoms with Crippen molar-refractivity contribution in [2.24, 2.45) is 0 Å². The highest BCUT2D eigenvalue weighted by Crippen LogP contribution is 2.21. The highest BCUT2D eigenvalue weighted by Gasteiger charge is 2.23. The zero-order valence-corrected chi connectivity index (χ0v) is 35.2. The smallest absolute Gasteiger partial charge is 0.326 e. The molecule has 0 aliphatic rings. The monoisotopic (exact) mass is 908 g/mol. The number of benzene rings is 2. The van der Waals surface area contributed by atoms with E-state index in [0.29, 0.717) is 46.8 Å². The fourth-order valence-corrected chi connectivity index (χ4v) is 6.05. The molecule has 0 unspecified atom stereocenters. The Morgan fingerprint density at radius 1 is 0.545 bits per heavy atom. The molecular weight excluding hydrogens is 865 g/mol. The molecule has 2 atom stereocenters. The zero-order chi connectivity index (χ0) is 48.2. The summed E-state index contributed by atoms with van der Waals surface area (Å²) in [4.78, 5) is 105. The predicted octanol–water partition coefficient (Wildman–Crippen LogP) is 0.537. The lowest BCUT2D eigenvalue weighted by atomic mass is 10.1. The first-order chi connectivity index (χ1) is 31.3. The Hall–Kier alpha value is -9.10. The van der Waals surface area contributed by atoms with E-state index in [1.165, 1.54) is 24.3 Å². The summed E-state index contributed by atoms with van der Waals surface area (Å²) in [5, 5.41) is 40.5. The number of nitrogens with two attached hydrogens (primary N) is 4. The van der Waals surface area contributed by atoms with Gasteiger partial charge in [-0.2, -0.15) is 19.9 Å². The summed E-state index contributed by atoms with van der Waals surface area (Å²) in [6, 6.07) is 10.3. The van der Waals surface area contributed by atoms with E-state index in [9.17, 15) is 39.0 Å². The van der Waals surface area contributed by atoms with E-state index in [2.05, 4.69) is 50.5 Å². The van der Waals surface area contributed by atoms with E-state index in [1.807, 2.05) is 23.9 Å². The number of rotatable bonds is 18. The summed E-state index contributed by atoms with van der Waals surface area (Å²) in [5.74, 6) is -5.82. The standard InChI is InChI=1S/2C20H22N8O5/c2*1-28(9-11-8-23-17-15(24-11)16(21)26-20(22)27-17)12-4-2-10(3-5-12)18(31)25-13(19(32)33)6-7-14(29)30/h2*2-5,8,13H,6-7,9H2,1H3,(H,25,31)(H,29,30)(H,32,33)(H4,21,22,23,26,27)/t2*13-/m00/s1. The van der Waals surface area contributed by atoms with Crippen LogP contribution in [-0.4, -0.2) is 122 Å². The minimum atomic E-state index is -1.30. The number of nitrogens with zero attached hydrogens (tertiary/aromatic N) is 10. The van der Waals surface area contributed by atoms with Crippen molar-refractivity contribution in [3.05, 3.63) is 83.4 Å². The molecule has 0 saturated carbocycles. The molecule has 2 aromatic carbocycles. The van der Waals surface area contributed by atoms with E-state index in [0.717, 1.165) is 11.4 Å². The lowest BCUT2D eigenvalue weighted by Gasteiger charge is -2.19. The van der Waals surface area contributed by atoms with E-state index >= 15 is 0 Å². The van der Waals surface area contributed by atoms with Gasteiger partial charge in [-0.05, 0) is 61.4 Å². The van der Waals surface area contributed by atoms with Crippen LogP contribution < -0.4 is 43.4 Å². The second-order valence-electron chi connectivity index (χ2n) is 14.4. The van der Waals surface area contributed by atoms with Crippen LogP contribution in [0, 0.1) is 0 Å². The fourth-order valence-electron chi connectivity index (χ4n) is 6.05. The highest BCUT2D eigenvalue weighted by molar-refractivity contribution is 5.97. The molecule has 4 heterocycles. The number of nitrogen functional groups attached to an aromatic ring is 4. The number of amides is 2. The highest BCUT2D eigenvalue weighted by atomic mass is 16.4. The van der Waals surface area contributed by atoms with Crippen molar-refractivity contribution in [3.63, 3.8) is 0 Å². The molecule has 26 heteroatoms. The van der Waals surface area contributed by atoms with Gasteiger partial charge in [-0.3, -0.25) is 19.2 Å². The van der Waals surface area contributed by atoms with Gasteiger partial charge < -0.3 is 63.8 Å². The van der Waals surface area contributed by atoms with E-state index in [4.69, 9.17) is 33.1 Å². The van der Waals surface area contributed by atoms with E-state index in [1.54, 1.807) is 36.7 Å². The molecule has 344 valence electrons. The quantitative estimate of drug-likeness (QED) is 0.0562. The molecule has 0 bridgehead atoms. The summed E-state index contributed by atoms with van der Waals surface area (Å²) < 4.78 is 0. The molecule has 26 nitrogen and oxygen atoms in total. The number of nitrogens with one attached hydrogen (secondary N) is 2. The molecule has 0 saturated heterocycles. The number of anilines is 6. The van der Waals surface area contributed by atoms with Crippen LogP contribution in [0.3, 0.4) is 0 Å². The number of carboxylic acids is 4. The van der Waals surface area contributed by atoms with Crippen LogP contribution >= 0.6 is 0 Å². The predicted molar refractivity (Wildman–Crippen MR) is 237 cm³/mol. The Kier molecular flexibility index (Phi) is 15.5. The number of aromatic nitrogens is 8. The van der Waals surface area contributed by atoms with Crippen LogP contribution in [0.1, 0.15) is 57.8 Å². The molecule has 0 radical (unpaired) electrons. The van der Waals surface area contributed by atoms with Gasteiger partial charge in [0.15, 0.2) is 34.0 Å². The maximum absolute atomic E-state index is 12.4. The van der Waals surface area contributed by atoms with Crippen LogP contribution in [0.4, 0.5) is 34.9 Å². The Bertz CT molecular complexity index is 2590. The summed E-state index contributed by atoms with van der Waals surface area (Å²) >= 11 is 0. The summed E-state index contributed by atoms with van der Waals surface area (Å²) in [6.07, 6.45) is 1.93. The number of hydrogen-bond donors (Lipinski definition) is 10. The Morgan fingerprint density at radius 2 is 0.894 bits per heavy atom. The van der Waals surface area contributed by atoms with Gasteiger partial charge in [-0.15, -0.1) is 0 Å². The third-order valence-corrected chi connectivity index (χ3v) is 9.44. The first-order valence-electron chi connectivity index (χ1n) is 19.5. The van der Waals surface area contributed by atoms with Crippen LogP contribution in [0.25, 0.3) is 22.3 Å². The normalized spacial score (nSPS) is 11.7. The van der Waals surface area contributed by atoms with Crippen LogP contribution in [0.2, 0.25) is 0 Å². The fraction of sp³-hybridized carbons (Fsp3) is 0.250. The van der Waals surface area contributed by atoms with Crippen molar-refractivity contribution in [1.82, 2.24) is 50.5 Å². The van der Waals surface area contributed by atoms with Gasteiger partial charge in [0.25, 0.3) is 11.8 Å². The molecule has 14 N–H and O–H groups in total. The van der Waals surface area contributed by atoms with Crippen LogP contribution in [0.15, 0.2) is 60.9 Å². The number of hydrogen-bond acceptors (Lipinski definition) is 20. The van der Waals surface area contributed by atoms with Gasteiger partial charge in [0.05, 0.1) is 36.9 Å². The molecule has 2 amide bonds. The second kappa shape index (κ2) is 21.3. The average molecular weight is 909 g/mol. The second-order valence-corrected chi connectivity index (χ2v) is 14.4. The Balaban J connectivity index is 0.000000247. The van der Waals surface area contributed by atoms with Crippen LogP contribution in [-0.2, 0) is 32.3 Å². The SMILES string of the molecule is CN(Cc1cnc2nc(N)nc(N)c2n1)c1ccc(C(=O)N[C@@H](CCC(=O)O)C(=O)O)cc1.CN(Cc1cnc2nc(N)nc(N)c2n1)c1ccc(C(=O)N[C@@H](CCC(=O)O)C(=O)O)cc1. The molecular formula is C40H44N16O10. The van der Waals surface area contributed by atoms with Crippen molar-refractivity contribution in [2.75, 3.05) is 46.8 Å². The summed E-state index contributed by atoms with van der Waals surface area (Å²) in [6.45, 7) is 0.739. The number of carboxylic acid groups (broad SMARTS) is 4. The third-order valence-electron chi connectivity index (χ3n) is 9.44. The number of aliphatic carboxylic acids is 4. The maximum Gasteiger partial charge on any atom is 0.326 e. The largest absolute Gasteiger partial charge is 0.481 e. The van der Waals surface area contributed by atoms with Gasteiger partial charge >= 0.3 is 23.9 Å². The van der Waals surface area contributed by atoms with Gasteiger partial charge in [0.1, 0.15) is 12.1 Å². The van der Waals surface area contributed by atoms with Gasteiger partial charge in [0.2, 0.25) is 11.9 Å². The summed E-state index contributed by atoms with van der Waals surface area (Å²) in [7, 11) is 3.63. The van der Waals surface area contributed by atoms with Gasteiger partial charge in [-0.1, -0.05) is 0 Å². The molecule has 0 aliphatic carbocycles. The number of carbonyl (C=O) groups excluding carboxylic acids is 2. The first kappa shape index (κ1) is 47.9. The minimum Gasteiger partial charge on any atom is -0.481 e. The Labute approximate surface area is 373 Å². The van der Waals surface area contributed by atoms with E-state index in [-0.39, 0.29) is 60.3 Å². The average Bonchev–Trinajstić information content (AvgIpc) is 3.26. The first-order valence-corrected chi connectivity index (χ1v) is 19.5. The van der Waals surface area contributed by atoms with E-state index < -0.39 is 47.8 Å². The molecule has 6 aromatic rings. The molecule has 0 aliphatic heterocycles. The van der Waals surface area contributed by atoms with Crippen molar-refractivity contribution in [3.8, 4) is 0 Å². The van der Waals surface area contributed by atoms with Crippen molar-refractivity contribution in [1.29, 1.82) is 0 Å².